The van der Waals surface area contributed by atoms with Gasteiger partial charge in [0.15, 0.2) is 5.78 Å². The van der Waals surface area contributed by atoms with Gasteiger partial charge in [0, 0.05) is 18.4 Å². The van der Waals surface area contributed by atoms with Gasteiger partial charge in [0.1, 0.15) is 5.75 Å². The SMILES string of the molecule is CCOC(=O)CC(NC(=O)CCCC(=O)c1ccc(OC)cc1)c1ccccc1. The molecule has 0 fully saturated rings. The number of carbonyl (C=O) groups excluding carboxylic acids is 3. The second kappa shape index (κ2) is 11.6. The lowest BCUT2D eigenvalue weighted by atomic mass is 10.0. The number of carbonyl (C=O) groups is 3. The summed E-state index contributed by atoms with van der Waals surface area (Å²) in [6, 6.07) is 15.7. The maximum atomic E-state index is 12.4. The molecule has 0 bridgehead atoms. The maximum absolute atomic E-state index is 12.4. The van der Waals surface area contributed by atoms with Gasteiger partial charge in [-0.1, -0.05) is 30.3 Å². The summed E-state index contributed by atoms with van der Waals surface area (Å²) in [5.41, 5.74) is 1.43. The van der Waals surface area contributed by atoms with Crippen molar-refractivity contribution < 1.29 is 23.9 Å². The molecule has 0 aliphatic rings. The first-order valence-electron chi connectivity index (χ1n) is 9.70. The van der Waals surface area contributed by atoms with E-state index in [0.717, 1.165) is 5.56 Å². The monoisotopic (exact) mass is 397 g/mol. The third-order valence-electron chi connectivity index (χ3n) is 4.43. The summed E-state index contributed by atoms with van der Waals surface area (Å²) in [7, 11) is 1.57. The fourth-order valence-corrected chi connectivity index (χ4v) is 2.92. The summed E-state index contributed by atoms with van der Waals surface area (Å²) in [5, 5.41) is 2.88. The fraction of sp³-hybridized carbons (Fsp3) is 0.348. The van der Waals surface area contributed by atoms with Crippen molar-refractivity contribution in [3.8, 4) is 5.75 Å². The third kappa shape index (κ3) is 7.41. The van der Waals surface area contributed by atoms with Crippen molar-refractivity contribution in [2.45, 2.75) is 38.6 Å². The van der Waals surface area contributed by atoms with Crippen molar-refractivity contribution in [1.29, 1.82) is 0 Å². The minimum absolute atomic E-state index is 0.0217. The van der Waals surface area contributed by atoms with Gasteiger partial charge in [0.2, 0.25) is 5.91 Å². The molecular weight excluding hydrogens is 370 g/mol. The summed E-state index contributed by atoms with van der Waals surface area (Å²) in [4.78, 5) is 36.5. The van der Waals surface area contributed by atoms with Crippen LogP contribution in [0.1, 0.15) is 54.6 Å². The number of nitrogens with one attached hydrogen (secondary N) is 1. The Kier molecular flexibility index (Phi) is 8.89. The average molecular weight is 397 g/mol. The molecule has 6 heteroatoms. The Labute approximate surface area is 171 Å². The van der Waals surface area contributed by atoms with E-state index < -0.39 is 6.04 Å². The van der Waals surface area contributed by atoms with Gasteiger partial charge in [-0.3, -0.25) is 14.4 Å². The number of esters is 1. The van der Waals surface area contributed by atoms with Crippen molar-refractivity contribution in [2.24, 2.45) is 0 Å². The van der Waals surface area contributed by atoms with Crippen LogP contribution in [0.3, 0.4) is 0 Å². The molecule has 0 aromatic heterocycles. The predicted octanol–water partition coefficient (Wildman–Crippen LogP) is 3.86. The molecule has 0 aliphatic heterocycles. The van der Waals surface area contributed by atoms with Crippen LogP contribution < -0.4 is 10.1 Å². The molecule has 0 saturated heterocycles. The van der Waals surface area contributed by atoms with Crippen molar-refractivity contribution in [2.75, 3.05) is 13.7 Å². The standard InChI is InChI=1S/C23H27NO5/c1-3-29-23(27)16-20(17-8-5-4-6-9-17)24-22(26)11-7-10-21(25)18-12-14-19(28-2)15-13-18/h4-6,8-9,12-15,20H,3,7,10-11,16H2,1-2H3,(H,24,26). The predicted molar refractivity (Wildman–Crippen MR) is 110 cm³/mol. The third-order valence-corrected chi connectivity index (χ3v) is 4.43. The lowest BCUT2D eigenvalue weighted by Crippen LogP contribution is -2.30. The molecule has 154 valence electrons. The fourth-order valence-electron chi connectivity index (χ4n) is 2.92. The molecule has 0 saturated carbocycles. The van der Waals surface area contributed by atoms with E-state index in [4.69, 9.17) is 9.47 Å². The highest BCUT2D eigenvalue weighted by molar-refractivity contribution is 5.96. The van der Waals surface area contributed by atoms with Crippen LogP contribution in [0, 0.1) is 0 Å². The highest BCUT2D eigenvalue weighted by Crippen LogP contribution is 2.18. The Morgan fingerprint density at radius 3 is 2.28 bits per heavy atom. The summed E-state index contributed by atoms with van der Waals surface area (Å²) < 4.78 is 10.1. The van der Waals surface area contributed by atoms with Crippen LogP contribution in [0.2, 0.25) is 0 Å². The number of methoxy groups -OCH3 is 1. The Hall–Kier alpha value is -3.15. The highest BCUT2D eigenvalue weighted by atomic mass is 16.5. The van der Waals surface area contributed by atoms with E-state index in [9.17, 15) is 14.4 Å². The van der Waals surface area contributed by atoms with Gasteiger partial charge in [-0.05, 0) is 43.2 Å². The molecule has 0 heterocycles. The summed E-state index contributed by atoms with van der Waals surface area (Å²) in [6.45, 7) is 2.04. The number of ketones is 1. The normalized spacial score (nSPS) is 11.4. The van der Waals surface area contributed by atoms with E-state index in [1.54, 1.807) is 38.3 Å². The van der Waals surface area contributed by atoms with Gasteiger partial charge in [0.05, 0.1) is 26.2 Å². The largest absolute Gasteiger partial charge is 0.497 e. The number of ether oxygens (including phenoxy) is 2. The Morgan fingerprint density at radius 2 is 1.66 bits per heavy atom. The molecule has 1 amide bonds. The van der Waals surface area contributed by atoms with Crippen LogP contribution in [0.15, 0.2) is 54.6 Å². The molecule has 2 aromatic carbocycles. The van der Waals surface area contributed by atoms with E-state index in [1.165, 1.54) is 0 Å². The van der Waals surface area contributed by atoms with E-state index in [0.29, 0.717) is 24.3 Å². The number of hydrogen-bond acceptors (Lipinski definition) is 5. The minimum Gasteiger partial charge on any atom is -0.497 e. The number of benzene rings is 2. The molecule has 29 heavy (non-hydrogen) atoms. The highest BCUT2D eigenvalue weighted by Gasteiger charge is 2.19. The van der Waals surface area contributed by atoms with E-state index in [-0.39, 0.29) is 36.9 Å². The smallest absolute Gasteiger partial charge is 0.308 e. The molecule has 6 nitrogen and oxygen atoms in total. The summed E-state index contributed by atoms with van der Waals surface area (Å²) in [6.07, 6.45) is 0.966. The first-order chi connectivity index (χ1) is 14.0. The lowest BCUT2D eigenvalue weighted by Gasteiger charge is -2.18. The second-order valence-electron chi connectivity index (χ2n) is 6.55. The number of rotatable bonds is 11. The topological polar surface area (TPSA) is 81.7 Å². The van der Waals surface area contributed by atoms with Crippen LogP contribution in [0.4, 0.5) is 0 Å². The van der Waals surface area contributed by atoms with E-state index in [2.05, 4.69) is 5.32 Å². The van der Waals surface area contributed by atoms with Crippen LogP contribution >= 0.6 is 0 Å². The van der Waals surface area contributed by atoms with Crippen LogP contribution in [-0.4, -0.2) is 31.4 Å². The van der Waals surface area contributed by atoms with Gasteiger partial charge in [0.25, 0.3) is 0 Å². The van der Waals surface area contributed by atoms with Crippen molar-refractivity contribution in [1.82, 2.24) is 5.32 Å². The molecule has 2 rings (SSSR count). The summed E-state index contributed by atoms with van der Waals surface area (Å²) in [5.74, 6) is 0.100. The van der Waals surface area contributed by atoms with Gasteiger partial charge in [-0.2, -0.15) is 0 Å². The molecule has 0 spiro atoms. The van der Waals surface area contributed by atoms with E-state index in [1.807, 2.05) is 30.3 Å². The van der Waals surface area contributed by atoms with Gasteiger partial charge in [-0.25, -0.2) is 0 Å². The zero-order chi connectivity index (χ0) is 21.1. The van der Waals surface area contributed by atoms with Gasteiger partial charge >= 0.3 is 5.97 Å². The Morgan fingerprint density at radius 1 is 0.966 bits per heavy atom. The van der Waals surface area contributed by atoms with Crippen LogP contribution in [-0.2, 0) is 14.3 Å². The molecule has 1 N–H and O–H groups in total. The lowest BCUT2D eigenvalue weighted by molar-refractivity contribution is -0.143. The minimum atomic E-state index is -0.458. The molecule has 1 unspecified atom stereocenters. The van der Waals surface area contributed by atoms with E-state index >= 15 is 0 Å². The van der Waals surface area contributed by atoms with Gasteiger partial charge < -0.3 is 14.8 Å². The summed E-state index contributed by atoms with van der Waals surface area (Å²) >= 11 is 0. The molecular formula is C23H27NO5. The van der Waals surface area contributed by atoms with Crippen LogP contribution in [0.25, 0.3) is 0 Å². The average Bonchev–Trinajstić information content (AvgIpc) is 2.74. The number of amides is 1. The first-order valence-corrected chi connectivity index (χ1v) is 9.70. The molecule has 1 atom stereocenters. The first kappa shape index (κ1) is 22.1. The Balaban J connectivity index is 1.87. The van der Waals surface area contributed by atoms with Crippen molar-refractivity contribution >= 4 is 17.7 Å². The quantitative estimate of drug-likeness (QED) is 0.460. The number of hydrogen-bond donors (Lipinski definition) is 1. The zero-order valence-corrected chi connectivity index (χ0v) is 16.9. The maximum Gasteiger partial charge on any atom is 0.308 e. The second-order valence-corrected chi connectivity index (χ2v) is 6.55. The van der Waals surface area contributed by atoms with Crippen molar-refractivity contribution in [3.63, 3.8) is 0 Å². The zero-order valence-electron chi connectivity index (χ0n) is 16.9. The molecule has 2 aromatic rings. The molecule has 0 radical (unpaired) electrons. The Bertz CT molecular complexity index is 802. The van der Waals surface area contributed by atoms with Crippen molar-refractivity contribution in [3.05, 3.63) is 65.7 Å². The van der Waals surface area contributed by atoms with Crippen LogP contribution in [0.5, 0.6) is 5.75 Å². The van der Waals surface area contributed by atoms with Gasteiger partial charge in [-0.15, -0.1) is 0 Å². The number of Topliss-reactive ketones (excluding diaryl/α,β-unsaturated/α-hetero) is 1. The molecule has 0 aliphatic carbocycles.